The first-order chi connectivity index (χ1) is 13.4. The Kier molecular flexibility index (Phi) is 8.32. The van der Waals surface area contributed by atoms with Crippen LogP contribution in [-0.2, 0) is 4.79 Å². The van der Waals surface area contributed by atoms with Gasteiger partial charge in [0.05, 0.1) is 12.2 Å². The first-order valence-corrected chi connectivity index (χ1v) is 9.95. The van der Waals surface area contributed by atoms with Crippen molar-refractivity contribution >= 4 is 27.7 Å². The van der Waals surface area contributed by atoms with Crippen molar-refractivity contribution < 1.29 is 19.1 Å². The van der Waals surface area contributed by atoms with E-state index >= 15 is 0 Å². The van der Waals surface area contributed by atoms with E-state index in [9.17, 15) is 9.59 Å². The first kappa shape index (κ1) is 21.8. The molecule has 0 spiro atoms. The number of hydrogen-bond acceptors (Lipinski definition) is 4. The lowest BCUT2D eigenvalue weighted by Crippen LogP contribution is -2.44. The smallest absolute Gasteiger partial charge is 0.276 e. The zero-order valence-electron chi connectivity index (χ0n) is 16.3. The summed E-state index contributed by atoms with van der Waals surface area (Å²) in [6, 6.07) is 12.7. The highest BCUT2D eigenvalue weighted by molar-refractivity contribution is 9.10. The van der Waals surface area contributed by atoms with Crippen molar-refractivity contribution in [3.63, 3.8) is 0 Å². The Bertz CT molecular complexity index is 824. The summed E-state index contributed by atoms with van der Waals surface area (Å²) >= 11 is 3.34. The predicted octanol–water partition coefficient (Wildman–Crippen LogP) is 4.20. The van der Waals surface area contributed by atoms with Crippen LogP contribution in [0.2, 0.25) is 0 Å². The molecule has 2 aromatic carbocycles. The molecule has 2 N–H and O–H groups in total. The van der Waals surface area contributed by atoms with Crippen LogP contribution in [0.25, 0.3) is 0 Å². The molecular formula is C21H25BrN2O4. The van der Waals surface area contributed by atoms with Gasteiger partial charge in [-0.3, -0.25) is 20.4 Å². The number of halogens is 1. The molecule has 0 aliphatic rings. The third-order valence-corrected chi connectivity index (χ3v) is 4.36. The van der Waals surface area contributed by atoms with Crippen molar-refractivity contribution in [1.29, 1.82) is 0 Å². The van der Waals surface area contributed by atoms with E-state index in [1.807, 2.05) is 31.2 Å². The van der Waals surface area contributed by atoms with Gasteiger partial charge < -0.3 is 9.47 Å². The highest BCUT2D eigenvalue weighted by Crippen LogP contribution is 2.26. The van der Waals surface area contributed by atoms with E-state index in [-0.39, 0.29) is 12.5 Å². The monoisotopic (exact) mass is 448 g/mol. The summed E-state index contributed by atoms with van der Waals surface area (Å²) in [5.74, 6) is 0.457. The van der Waals surface area contributed by atoms with E-state index in [0.29, 0.717) is 23.7 Å². The molecule has 0 atom stereocenters. The van der Waals surface area contributed by atoms with Crippen molar-refractivity contribution in [1.82, 2.24) is 10.9 Å². The maximum absolute atomic E-state index is 12.4. The molecule has 0 unspecified atom stereocenters. The molecule has 150 valence electrons. The molecule has 28 heavy (non-hydrogen) atoms. The molecule has 0 fully saturated rings. The minimum atomic E-state index is -0.469. The van der Waals surface area contributed by atoms with Gasteiger partial charge in [-0.1, -0.05) is 54.9 Å². The van der Waals surface area contributed by atoms with Gasteiger partial charge in [-0.05, 0) is 42.2 Å². The van der Waals surface area contributed by atoms with Crippen LogP contribution in [0.4, 0.5) is 0 Å². The summed E-state index contributed by atoms with van der Waals surface area (Å²) in [5, 5.41) is 0. The lowest BCUT2D eigenvalue weighted by molar-refractivity contribution is -0.123. The minimum Gasteiger partial charge on any atom is -0.493 e. The standard InChI is InChI=1S/C21H25BrN2O4/c1-4-11-27-19-10-9-15(22)12-17(19)21(26)24-23-20(25)13-28-18-8-6-5-7-16(18)14(2)3/h5-10,12,14H,4,11,13H2,1-3H3,(H,23,25)(H,24,26). The van der Waals surface area contributed by atoms with Crippen molar-refractivity contribution in [2.24, 2.45) is 0 Å². The number of para-hydroxylation sites is 1. The fraction of sp³-hybridized carbons (Fsp3) is 0.333. The van der Waals surface area contributed by atoms with Crippen molar-refractivity contribution in [2.75, 3.05) is 13.2 Å². The molecule has 0 aliphatic carbocycles. The maximum atomic E-state index is 12.4. The second kappa shape index (κ2) is 10.7. The van der Waals surface area contributed by atoms with E-state index < -0.39 is 11.8 Å². The molecule has 0 bridgehead atoms. The van der Waals surface area contributed by atoms with E-state index in [0.717, 1.165) is 16.5 Å². The molecule has 6 nitrogen and oxygen atoms in total. The van der Waals surface area contributed by atoms with Crippen LogP contribution < -0.4 is 20.3 Å². The predicted molar refractivity (Wildman–Crippen MR) is 112 cm³/mol. The van der Waals surface area contributed by atoms with Crippen molar-refractivity contribution in [3.8, 4) is 11.5 Å². The Balaban J connectivity index is 1.93. The molecule has 7 heteroatoms. The second-order valence-corrected chi connectivity index (χ2v) is 7.39. The van der Waals surface area contributed by atoms with Gasteiger partial charge in [0.1, 0.15) is 11.5 Å². The van der Waals surface area contributed by atoms with Crippen LogP contribution in [0.15, 0.2) is 46.9 Å². The van der Waals surface area contributed by atoms with Crippen molar-refractivity contribution in [2.45, 2.75) is 33.1 Å². The fourth-order valence-electron chi connectivity index (χ4n) is 2.48. The number of benzene rings is 2. The number of nitrogens with one attached hydrogen (secondary N) is 2. The van der Waals surface area contributed by atoms with Gasteiger partial charge in [-0.25, -0.2) is 0 Å². The number of carbonyl (C=O) groups excluding carboxylic acids is 2. The zero-order chi connectivity index (χ0) is 20.5. The van der Waals surface area contributed by atoms with Gasteiger partial charge in [-0.2, -0.15) is 0 Å². The van der Waals surface area contributed by atoms with Gasteiger partial charge in [0.25, 0.3) is 11.8 Å². The van der Waals surface area contributed by atoms with Crippen molar-refractivity contribution in [3.05, 3.63) is 58.1 Å². The van der Waals surface area contributed by atoms with Gasteiger partial charge in [0.2, 0.25) is 0 Å². The molecular weight excluding hydrogens is 424 g/mol. The number of hydrazine groups is 1. The Morgan fingerprint density at radius 1 is 1.04 bits per heavy atom. The van der Waals surface area contributed by atoms with E-state index in [1.54, 1.807) is 18.2 Å². The average Bonchev–Trinajstić information content (AvgIpc) is 2.69. The van der Waals surface area contributed by atoms with E-state index in [1.165, 1.54) is 0 Å². The highest BCUT2D eigenvalue weighted by Gasteiger charge is 2.15. The highest BCUT2D eigenvalue weighted by atomic mass is 79.9. The summed E-state index contributed by atoms with van der Waals surface area (Å²) < 4.78 is 11.9. The Labute approximate surface area is 173 Å². The Morgan fingerprint density at radius 2 is 1.79 bits per heavy atom. The number of amides is 2. The summed E-state index contributed by atoms with van der Waals surface area (Å²) in [4.78, 5) is 24.5. The summed E-state index contributed by atoms with van der Waals surface area (Å²) in [7, 11) is 0. The van der Waals surface area contributed by atoms with Crippen LogP contribution >= 0.6 is 15.9 Å². The maximum Gasteiger partial charge on any atom is 0.276 e. The second-order valence-electron chi connectivity index (χ2n) is 6.47. The number of hydrogen-bond donors (Lipinski definition) is 2. The lowest BCUT2D eigenvalue weighted by Gasteiger charge is -2.14. The number of ether oxygens (including phenoxy) is 2. The molecule has 2 aromatic rings. The van der Waals surface area contributed by atoms with Gasteiger partial charge >= 0.3 is 0 Å². The first-order valence-electron chi connectivity index (χ1n) is 9.15. The van der Waals surface area contributed by atoms with Crippen LogP contribution in [0.1, 0.15) is 49.0 Å². The third-order valence-electron chi connectivity index (χ3n) is 3.86. The molecule has 0 aromatic heterocycles. The SMILES string of the molecule is CCCOc1ccc(Br)cc1C(=O)NNC(=O)COc1ccccc1C(C)C. The number of carbonyl (C=O) groups is 2. The zero-order valence-corrected chi connectivity index (χ0v) is 17.8. The largest absolute Gasteiger partial charge is 0.493 e. The molecule has 2 amide bonds. The molecule has 0 saturated carbocycles. The summed E-state index contributed by atoms with van der Waals surface area (Å²) in [5.41, 5.74) is 6.11. The lowest BCUT2D eigenvalue weighted by atomic mass is 10.0. The normalized spacial score (nSPS) is 10.5. The van der Waals surface area contributed by atoms with E-state index in [2.05, 4.69) is 40.6 Å². The average molecular weight is 449 g/mol. The molecule has 0 heterocycles. The molecule has 0 aliphatic heterocycles. The third kappa shape index (κ3) is 6.27. The topological polar surface area (TPSA) is 76.7 Å². The van der Waals surface area contributed by atoms with E-state index in [4.69, 9.17) is 9.47 Å². The Morgan fingerprint density at radius 3 is 2.50 bits per heavy atom. The molecule has 2 rings (SSSR count). The number of rotatable bonds is 8. The van der Waals surface area contributed by atoms with Crippen LogP contribution in [0.3, 0.4) is 0 Å². The van der Waals surface area contributed by atoms with Gasteiger partial charge in [0.15, 0.2) is 6.61 Å². The fourth-order valence-corrected chi connectivity index (χ4v) is 2.84. The van der Waals surface area contributed by atoms with Crippen LogP contribution in [-0.4, -0.2) is 25.0 Å². The molecule has 0 saturated heterocycles. The van der Waals surface area contributed by atoms with Gasteiger partial charge in [-0.15, -0.1) is 0 Å². The summed E-state index contributed by atoms with van der Waals surface area (Å²) in [6.45, 7) is 6.38. The van der Waals surface area contributed by atoms with Crippen LogP contribution in [0, 0.1) is 0 Å². The quantitative estimate of drug-likeness (QED) is 0.593. The van der Waals surface area contributed by atoms with Crippen LogP contribution in [0.5, 0.6) is 11.5 Å². The molecule has 0 radical (unpaired) electrons. The summed E-state index contributed by atoms with van der Waals surface area (Å²) in [6.07, 6.45) is 0.822. The minimum absolute atomic E-state index is 0.207. The van der Waals surface area contributed by atoms with Gasteiger partial charge in [0, 0.05) is 4.47 Å². The Hall–Kier alpha value is -2.54.